The van der Waals surface area contributed by atoms with Crippen molar-refractivity contribution >= 4 is 15.9 Å². The third-order valence-corrected chi connectivity index (χ3v) is 4.70. The smallest absolute Gasteiger partial charge is 0.259 e. The molecule has 2 aromatic heterocycles. The Labute approximate surface area is 143 Å². The van der Waals surface area contributed by atoms with Crippen molar-refractivity contribution in [3.8, 4) is 23.0 Å². The highest BCUT2D eigenvalue weighted by molar-refractivity contribution is 9.10. The molecule has 0 radical (unpaired) electrons. The lowest BCUT2D eigenvalue weighted by Crippen LogP contribution is -2.30. The Bertz CT molecular complexity index is 897. The number of rotatable bonds is 4. The van der Waals surface area contributed by atoms with Crippen molar-refractivity contribution in [2.75, 3.05) is 0 Å². The fourth-order valence-corrected chi connectivity index (χ4v) is 3.00. The first-order chi connectivity index (χ1) is 11.4. The number of benzene rings is 1. The van der Waals surface area contributed by atoms with E-state index in [0.29, 0.717) is 18.7 Å². The molecule has 24 heavy (non-hydrogen) atoms. The van der Waals surface area contributed by atoms with E-state index in [1.165, 1.54) is 0 Å². The van der Waals surface area contributed by atoms with E-state index in [9.17, 15) is 8.78 Å². The maximum atomic E-state index is 13.8. The number of aromatic amines is 1. The topological polar surface area (TPSA) is 80.5 Å². The summed E-state index contributed by atoms with van der Waals surface area (Å²) in [5, 5.41) is 10.6. The summed E-state index contributed by atoms with van der Waals surface area (Å²) in [4.78, 5) is 8.41. The lowest BCUT2D eigenvalue weighted by molar-refractivity contribution is -0.0303. The van der Waals surface area contributed by atoms with Crippen LogP contribution in [0.5, 0.6) is 0 Å². The molecule has 0 aliphatic heterocycles. The lowest BCUT2D eigenvalue weighted by atomic mass is 10.00. The summed E-state index contributed by atoms with van der Waals surface area (Å²) in [5.41, 5.74) is -0.542. The van der Waals surface area contributed by atoms with Crippen LogP contribution >= 0.6 is 15.9 Å². The molecule has 1 fully saturated rings. The largest absolute Gasteiger partial charge is 0.338 e. The minimum Gasteiger partial charge on any atom is -0.338 e. The predicted molar refractivity (Wildman–Crippen MR) is 84.3 cm³/mol. The van der Waals surface area contributed by atoms with Gasteiger partial charge in [0.2, 0.25) is 11.7 Å². The molecule has 124 valence electrons. The molecular weight excluding hydrogens is 384 g/mol. The Morgan fingerprint density at radius 3 is 2.71 bits per heavy atom. The van der Waals surface area contributed by atoms with Gasteiger partial charge in [-0.15, -0.1) is 0 Å². The summed E-state index contributed by atoms with van der Waals surface area (Å²) < 4.78 is 33.5. The quantitative estimate of drug-likeness (QED) is 0.722. The molecule has 1 aliphatic rings. The van der Waals surface area contributed by atoms with Gasteiger partial charge in [-0.25, -0.2) is 13.8 Å². The number of nitrogens with one attached hydrogen (secondary N) is 1. The first kappa shape index (κ1) is 15.4. The zero-order chi connectivity index (χ0) is 16.9. The van der Waals surface area contributed by atoms with Crippen LogP contribution in [-0.2, 0) is 5.41 Å². The highest BCUT2D eigenvalue weighted by atomic mass is 79.9. The number of H-pyrrole nitrogens is 1. The van der Waals surface area contributed by atoms with Crippen LogP contribution in [0, 0.1) is 0 Å². The average Bonchev–Trinajstić information content (AvgIpc) is 2.99. The van der Waals surface area contributed by atoms with Gasteiger partial charge < -0.3 is 4.52 Å². The van der Waals surface area contributed by atoms with Crippen molar-refractivity contribution in [3.63, 3.8) is 0 Å². The zero-order valence-corrected chi connectivity index (χ0v) is 14.1. The second-order valence-electron chi connectivity index (χ2n) is 5.91. The molecule has 1 saturated carbocycles. The molecule has 2 heterocycles. The van der Waals surface area contributed by atoms with Gasteiger partial charge >= 0.3 is 0 Å². The number of hydrogen-bond acceptors (Lipinski definition) is 5. The van der Waals surface area contributed by atoms with Gasteiger partial charge in [-0.1, -0.05) is 33.2 Å². The Morgan fingerprint density at radius 1 is 1.25 bits per heavy atom. The molecular formula is C15H12BrF2N5O. The normalized spacial score (nSPS) is 16.3. The maximum Gasteiger partial charge on any atom is 0.259 e. The first-order valence-corrected chi connectivity index (χ1v) is 8.09. The van der Waals surface area contributed by atoms with Gasteiger partial charge in [0.25, 0.3) is 5.92 Å². The minimum atomic E-state index is -2.90. The lowest BCUT2D eigenvalue weighted by Gasteiger charge is -2.18. The van der Waals surface area contributed by atoms with E-state index in [4.69, 9.17) is 4.52 Å². The van der Waals surface area contributed by atoms with Crippen molar-refractivity contribution in [1.82, 2.24) is 25.3 Å². The third kappa shape index (κ3) is 2.43. The van der Waals surface area contributed by atoms with Crippen molar-refractivity contribution in [2.45, 2.75) is 31.1 Å². The second kappa shape index (κ2) is 5.17. The summed E-state index contributed by atoms with van der Waals surface area (Å²) in [6.07, 6.45) is 0.662. The van der Waals surface area contributed by atoms with Gasteiger partial charge in [0.1, 0.15) is 5.41 Å². The Hall–Kier alpha value is -2.16. The van der Waals surface area contributed by atoms with Gasteiger partial charge in [0.05, 0.1) is 0 Å². The molecule has 0 amide bonds. The Kier molecular flexibility index (Phi) is 3.31. The zero-order valence-electron chi connectivity index (χ0n) is 12.6. The molecule has 4 rings (SSSR count). The van der Waals surface area contributed by atoms with Crippen molar-refractivity contribution in [1.29, 1.82) is 0 Å². The highest BCUT2D eigenvalue weighted by Gasteiger charge is 2.64. The van der Waals surface area contributed by atoms with E-state index in [2.05, 4.69) is 41.3 Å². The molecule has 6 nitrogen and oxygen atoms in total. The van der Waals surface area contributed by atoms with Gasteiger partial charge in [0, 0.05) is 17.0 Å². The highest BCUT2D eigenvalue weighted by Crippen LogP contribution is 2.57. The van der Waals surface area contributed by atoms with Crippen LogP contribution in [0.3, 0.4) is 0 Å². The SMILES string of the molecule is CC(F)(F)C1(c2nc(-c3nc(-c4cccc(Br)c4)n[nH]3)no2)CC1. The molecule has 0 atom stereocenters. The standard InChI is InChI=1S/C15H12BrF2N5O/c1-14(17,18)15(5-6-15)13-20-12(23-24-13)11-19-10(21-22-11)8-3-2-4-9(16)7-8/h2-4,7H,5-6H2,1H3,(H,19,21,22). The van der Waals surface area contributed by atoms with Crippen molar-refractivity contribution < 1.29 is 13.3 Å². The molecule has 0 unspecified atom stereocenters. The summed E-state index contributed by atoms with van der Waals surface area (Å²) in [6.45, 7) is 0.879. The Morgan fingerprint density at radius 2 is 2.04 bits per heavy atom. The van der Waals surface area contributed by atoms with Crippen molar-refractivity contribution in [3.05, 3.63) is 34.6 Å². The maximum absolute atomic E-state index is 13.8. The van der Waals surface area contributed by atoms with E-state index < -0.39 is 11.3 Å². The number of aromatic nitrogens is 5. The van der Waals surface area contributed by atoms with Crippen LogP contribution in [0.25, 0.3) is 23.0 Å². The van der Waals surface area contributed by atoms with Crippen LogP contribution in [0.2, 0.25) is 0 Å². The molecule has 1 N–H and O–H groups in total. The van der Waals surface area contributed by atoms with E-state index >= 15 is 0 Å². The fourth-order valence-electron chi connectivity index (χ4n) is 2.60. The molecule has 9 heteroatoms. The average molecular weight is 396 g/mol. The summed E-state index contributed by atoms with van der Waals surface area (Å²) in [6, 6.07) is 7.48. The predicted octanol–water partition coefficient (Wildman–Crippen LogP) is 3.97. The first-order valence-electron chi connectivity index (χ1n) is 7.30. The summed E-state index contributed by atoms with van der Waals surface area (Å²) in [5.74, 6) is -2.10. The molecule has 3 aromatic rings. The number of hydrogen-bond donors (Lipinski definition) is 1. The summed E-state index contributed by atoms with van der Waals surface area (Å²) in [7, 11) is 0. The molecule has 1 aromatic carbocycles. The van der Waals surface area contributed by atoms with E-state index in [0.717, 1.165) is 17.0 Å². The molecule has 0 saturated heterocycles. The summed E-state index contributed by atoms with van der Waals surface area (Å²) >= 11 is 3.39. The van der Waals surface area contributed by atoms with Crippen LogP contribution in [0.4, 0.5) is 8.78 Å². The van der Waals surface area contributed by atoms with Crippen LogP contribution < -0.4 is 0 Å². The van der Waals surface area contributed by atoms with Crippen LogP contribution in [0.1, 0.15) is 25.7 Å². The molecule has 0 bridgehead atoms. The second-order valence-corrected chi connectivity index (χ2v) is 6.83. The van der Waals surface area contributed by atoms with E-state index in [-0.39, 0.29) is 17.5 Å². The van der Waals surface area contributed by atoms with Crippen molar-refractivity contribution in [2.24, 2.45) is 0 Å². The fraction of sp³-hybridized carbons (Fsp3) is 0.333. The minimum absolute atomic E-state index is 0.0506. The van der Waals surface area contributed by atoms with Gasteiger partial charge in [0.15, 0.2) is 11.6 Å². The monoisotopic (exact) mass is 395 g/mol. The van der Waals surface area contributed by atoms with E-state index in [1.54, 1.807) is 0 Å². The third-order valence-electron chi connectivity index (χ3n) is 4.21. The number of nitrogens with zero attached hydrogens (tertiary/aromatic N) is 4. The molecule has 0 spiro atoms. The molecule has 1 aliphatic carbocycles. The number of halogens is 3. The Balaban J connectivity index is 1.65. The van der Waals surface area contributed by atoms with Crippen LogP contribution in [0.15, 0.2) is 33.3 Å². The van der Waals surface area contributed by atoms with Gasteiger partial charge in [-0.05, 0) is 25.0 Å². The van der Waals surface area contributed by atoms with Gasteiger partial charge in [-0.3, -0.25) is 5.10 Å². The van der Waals surface area contributed by atoms with Gasteiger partial charge in [-0.2, -0.15) is 10.1 Å². The number of alkyl halides is 2. The van der Waals surface area contributed by atoms with E-state index in [1.807, 2.05) is 24.3 Å². The van der Waals surface area contributed by atoms with Crippen LogP contribution in [-0.4, -0.2) is 31.2 Å².